The molecule has 0 N–H and O–H groups in total. The fraction of sp³-hybridized carbons (Fsp3) is 0.385. The van der Waals surface area contributed by atoms with Crippen molar-refractivity contribution < 1.29 is 22.4 Å². The van der Waals surface area contributed by atoms with Gasteiger partial charge in [0.25, 0.3) is 5.56 Å². The zero-order valence-corrected chi connectivity index (χ0v) is 21.4. The van der Waals surface area contributed by atoms with Gasteiger partial charge in [-0.15, -0.1) is 0 Å². The van der Waals surface area contributed by atoms with E-state index in [2.05, 4.69) is 27.7 Å². The number of aromatic nitrogens is 4. The number of carbonyl (C=O) groups excluding carboxylic acids is 1. The first-order valence-electron chi connectivity index (χ1n) is 12.4. The van der Waals surface area contributed by atoms with E-state index in [0.29, 0.717) is 4.68 Å². The van der Waals surface area contributed by atoms with Gasteiger partial charge < -0.3 is 14.7 Å². The molecule has 1 aromatic carbocycles. The maximum absolute atomic E-state index is 13.9. The number of amides is 1. The van der Waals surface area contributed by atoms with Crippen molar-refractivity contribution in [3.05, 3.63) is 58.5 Å². The molecule has 40 heavy (non-hydrogen) atoms. The minimum atomic E-state index is -4.75. The number of hydrogen-bond acceptors (Lipinski definition) is 8. The Hall–Kier alpha value is -4.54. The molecule has 2 saturated heterocycles. The van der Waals surface area contributed by atoms with Crippen LogP contribution in [0, 0.1) is 18.3 Å². The van der Waals surface area contributed by atoms with Gasteiger partial charge in [0.15, 0.2) is 0 Å². The van der Waals surface area contributed by atoms with Gasteiger partial charge >= 0.3 is 6.18 Å². The Labute approximate surface area is 225 Å². The summed E-state index contributed by atoms with van der Waals surface area (Å²) in [4.78, 5) is 39.8. The molecule has 1 amide bonds. The number of alkyl halides is 4. The molecule has 0 radical (unpaired) electrons. The van der Waals surface area contributed by atoms with Crippen molar-refractivity contribution in [3.63, 3.8) is 0 Å². The number of nitriles is 1. The van der Waals surface area contributed by atoms with Crippen molar-refractivity contribution in [1.82, 2.24) is 24.6 Å². The number of nitrogens with zero attached hydrogens (tertiary/aromatic N) is 8. The molecule has 4 heterocycles. The summed E-state index contributed by atoms with van der Waals surface area (Å²) < 4.78 is 56.2. The molecular weight excluding hydrogens is 532 g/mol. The fourth-order valence-electron chi connectivity index (χ4n) is 5.07. The average Bonchev–Trinajstić information content (AvgIpc) is 2.90. The van der Waals surface area contributed by atoms with Crippen LogP contribution in [0.25, 0.3) is 16.6 Å². The van der Waals surface area contributed by atoms with Gasteiger partial charge in [0.2, 0.25) is 11.9 Å². The third kappa shape index (κ3) is 4.72. The molecule has 5 rings (SSSR count). The Bertz CT molecular complexity index is 1590. The van der Waals surface area contributed by atoms with Gasteiger partial charge in [0, 0.05) is 19.6 Å². The van der Waals surface area contributed by atoms with E-state index in [0.717, 1.165) is 6.07 Å². The Balaban J connectivity index is 1.66. The number of aryl methyl sites for hydroxylation is 1. The van der Waals surface area contributed by atoms with Crippen LogP contribution in [0.1, 0.15) is 17.5 Å². The number of piperazine rings is 1. The molecule has 0 spiro atoms. The summed E-state index contributed by atoms with van der Waals surface area (Å²) in [6.07, 6.45) is -3.42. The number of carbonyl (C=O) groups is 1. The molecule has 2 aromatic heterocycles. The first-order valence-corrected chi connectivity index (χ1v) is 12.4. The van der Waals surface area contributed by atoms with Crippen LogP contribution in [-0.4, -0.2) is 75.5 Å². The Morgan fingerprint density at radius 1 is 1.20 bits per heavy atom. The number of benzene rings is 1. The van der Waals surface area contributed by atoms with Crippen LogP contribution in [0.2, 0.25) is 0 Å². The molecule has 1 unspecified atom stereocenters. The minimum Gasteiger partial charge on any atom is -0.352 e. The van der Waals surface area contributed by atoms with Crippen LogP contribution < -0.4 is 15.4 Å². The van der Waals surface area contributed by atoms with E-state index in [1.807, 2.05) is 0 Å². The second kappa shape index (κ2) is 10.2. The van der Waals surface area contributed by atoms with Gasteiger partial charge in [-0.25, -0.2) is 9.37 Å². The van der Waals surface area contributed by atoms with Crippen molar-refractivity contribution in [1.29, 1.82) is 5.26 Å². The zero-order chi connectivity index (χ0) is 28.8. The standard InChI is InChI=1S/C26H24F4N8O2/c1-3-20(39)37-10-9-35(14-17(37)7-8-31)23-18-11-32-38(19-6-4-5-15(2)21(19)26(28,29)30)24(40)22(18)33-25(34-23)36-12-16(27)13-36/h3-6,11,16-17H,1,7,9-10,12-14H2,2H3. The van der Waals surface area contributed by atoms with Crippen LogP contribution in [0.4, 0.5) is 29.3 Å². The molecule has 14 heteroatoms. The second-order valence-corrected chi connectivity index (χ2v) is 9.64. The predicted molar refractivity (Wildman–Crippen MR) is 138 cm³/mol. The first-order chi connectivity index (χ1) is 19.0. The van der Waals surface area contributed by atoms with Gasteiger partial charge in [-0.3, -0.25) is 9.59 Å². The van der Waals surface area contributed by atoms with Crippen LogP contribution in [0.15, 0.2) is 41.8 Å². The van der Waals surface area contributed by atoms with E-state index < -0.39 is 35.2 Å². The maximum Gasteiger partial charge on any atom is 0.418 e. The van der Waals surface area contributed by atoms with E-state index in [9.17, 15) is 32.4 Å². The molecule has 10 nitrogen and oxygen atoms in total. The highest BCUT2D eigenvalue weighted by Gasteiger charge is 2.37. The van der Waals surface area contributed by atoms with Gasteiger partial charge in [0.05, 0.1) is 54.5 Å². The van der Waals surface area contributed by atoms with Crippen LogP contribution >= 0.6 is 0 Å². The third-order valence-corrected chi connectivity index (χ3v) is 7.06. The van der Waals surface area contributed by atoms with Crippen LogP contribution in [-0.2, 0) is 11.0 Å². The third-order valence-electron chi connectivity index (χ3n) is 7.06. The Kier molecular flexibility index (Phi) is 6.91. The predicted octanol–water partition coefficient (Wildman–Crippen LogP) is 2.78. The topological polar surface area (TPSA) is 111 Å². The molecule has 0 saturated carbocycles. The minimum absolute atomic E-state index is 0.000998. The molecule has 3 aromatic rings. The van der Waals surface area contributed by atoms with Gasteiger partial charge in [0.1, 0.15) is 17.5 Å². The normalized spacial score (nSPS) is 18.0. The Morgan fingerprint density at radius 3 is 2.60 bits per heavy atom. The summed E-state index contributed by atoms with van der Waals surface area (Å²) in [7, 11) is 0. The highest BCUT2D eigenvalue weighted by molar-refractivity contribution is 5.90. The lowest BCUT2D eigenvalue weighted by Crippen LogP contribution is -2.55. The second-order valence-electron chi connectivity index (χ2n) is 9.64. The van der Waals surface area contributed by atoms with Crippen molar-refractivity contribution in [2.24, 2.45) is 0 Å². The van der Waals surface area contributed by atoms with Crippen molar-refractivity contribution in [2.75, 3.05) is 42.5 Å². The number of halogens is 4. The van der Waals surface area contributed by atoms with E-state index >= 15 is 0 Å². The average molecular weight is 557 g/mol. The van der Waals surface area contributed by atoms with Crippen molar-refractivity contribution >= 4 is 28.6 Å². The summed E-state index contributed by atoms with van der Waals surface area (Å²) in [5.41, 5.74) is -2.60. The van der Waals surface area contributed by atoms with Crippen molar-refractivity contribution in [2.45, 2.75) is 31.7 Å². The number of fused-ring (bicyclic) bond motifs is 1. The largest absolute Gasteiger partial charge is 0.418 e. The van der Waals surface area contributed by atoms with Gasteiger partial charge in [-0.05, 0) is 24.6 Å². The summed E-state index contributed by atoms with van der Waals surface area (Å²) in [6.45, 7) is 5.50. The lowest BCUT2D eigenvalue weighted by Gasteiger charge is -2.41. The van der Waals surface area contributed by atoms with E-state index in [4.69, 9.17) is 0 Å². The lowest BCUT2D eigenvalue weighted by molar-refractivity contribution is -0.138. The van der Waals surface area contributed by atoms with E-state index in [1.54, 1.807) is 4.90 Å². The smallest absolute Gasteiger partial charge is 0.352 e. The molecule has 2 aliphatic heterocycles. The molecule has 0 bridgehead atoms. The summed E-state index contributed by atoms with van der Waals surface area (Å²) >= 11 is 0. The zero-order valence-electron chi connectivity index (χ0n) is 21.4. The molecule has 2 fully saturated rings. The SMILES string of the molecule is C=CC(=O)N1CCN(c2nc(N3CC(F)C3)nc3c(=O)n(-c4cccc(C)c4C(F)(F)F)ncc23)CC1CC#N. The van der Waals surface area contributed by atoms with Gasteiger partial charge in [-0.2, -0.15) is 33.2 Å². The van der Waals surface area contributed by atoms with Crippen molar-refractivity contribution in [3.8, 4) is 11.8 Å². The highest BCUT2D eigenvalue weighted by Crippen LogP contribution is 2.36. The van der Waals surface area contributed by atoms with E-state index in [1.165, 1.54) is 41.1 Å². The highest BCUT2D eigenvalue weighted by atomic mass is 19.4. The number of hydrogen-bond donors (Lipinski definition) is 0. The van der Waals surface area contributed by atoms with E-state index in [-0.39, 0.29) is 73.3 Å². The number of rotatable bonds is 5. The Morgan fingerprint density at radius 2 is 1.95 bits per heavy atom. The van der Waals surface area contributed by atoms with Crippen LogP contribution in [0.5, 0.6) is 0 Å². The monoisotopic (exact) mass is 556 g/mol. The molecule has 0 aliphatic carbocycles. The first kappa shape index (κ1) is 27.0. The summed E-state index contributed by atoms with van der Waals surface area (Å²) in [5.74, 6) is -0.0215. The fourth-order valence-corrected chi connectivity index (χ4v) is 5.07. The maximum atomic E-state index is 13.9. The summed E-state index contributed by atoms with van der Waals surface area (Å²) in [6, 6.07) is 5.41. The molecule has 1 atom stereocenters. The summed E-state index contributed by atoms with van der Waals surface area (Å²) in [5, 5.41) is 13.6. The van der Waals surface area contributed by atoms with Gasteiger partial charge in [-0.1, -0.05) is 18.7 Å². The molecule has 2 aliphatic rings. The quantitative estimate of drug-likeness (QED) is 0.349. The van der Waals surface area contributed by atoms with Crippen LogP contribution in [0.3, 0.4) is 0 Å². The molecule has 208 valence electrons. The number of anilines is 2. The molecular formula is C26H24F4N8O2. The lowest BCUT2D eigenvalue weighted by atomic mass is 10.1.